The largest absolute Gasteiger partial charge is 0.394 e. The van der Waals surface area contributed by atoms with Crippen molar-refractivity contribution in [2.75, 3.05) is 17.2 Å². The van der Waals surface area contributed by atoms with Crippen LogP contribution in [0.5, 0.6) is 0 Å². The number of rotatable bonds is 21. The first-order valence-electron chi connectivity index (χ1n) is 40.8. The Morgan fingerprint density at radius 3 is 0.831 bits per heavy atom. The van der Waals surface area contributed by atoms with Gasteiger partial charge in [0.15, 0.2) is 17.0 Å². The van der Waals surface area contributed by atoms with Crippen LogP contribution in [0.25, 0.3) is 22.3 Å². The summed E-state index contributed by atoms with van der Waals surface area (Å²) in [7, 11) is -1.78. The van der Waals surface area contributed by atoms with Crippen LogP contribution in [-0.2, 0) is 27.0 Å². The Hall–Kier alpha value is -11.7. The molecule has 624 valence electrons. The zero-order chi connectivity index (χ0) is 84.4. The molecule has 13 aromatic carbocycles. The van der Waals surface area contributed by atoms with Crippen LogP contribution in [-0.4, -0.2) is 52.2 Å². The number of anilines is 2. The molecule has 0 aliphatic carbocycles. The summed E-state index contributed by atoms with van der Waals surface area (Å²) in [5, 5.41) is 33.0. The quantitative estimate of drug-likeness (QED) is 0.0476. The summed E-state index contributed by atoms with van der Waals surface area (Å²) in [6.07, 6.45) is 13.2. The summed E-state index contributed by atoms with van der Waals surface area (Å²) in [6.45, 7) is 8.87. The molecule has 0 aliphatic heterocycles. The van der Waals surface area contributed by atoms with Gasteiger partial charge in [0.25, 0.3) is 0 Å². The van der Waals surface area contributed by atoms with Gasteiger partial charge < -0.3 is 20.3 Å². The number of aromatic nitrogens is 7. The summed E-state index contributed by atoms with van der Waals surface area (Å²) in [6, 6.07) is 150. The number of hydrogen-bond donors (Lipinski definition) is 3. The van der Waals surface area contributed by atoms with Gasteiger partial charge in [-0.05, 0) is 181 Å². The third kappa shape index (κ3) is 29.2. The Balaban J connectivity index is 0.000000157. The van der Waals surface area contributed by atoms with Crippen LogP contribution in [0.15, 0.2) is 473 Å². The number of aliphatic hydroxyl groups is 1. The fourth-order valence-corrected chi connectivity index (χ4v) is 22.4. The molecule has 18 rings (SSSR count). The molecule has 0 radical (unpaired) electrons. The summed E-state index contributed by atoms with van der Waals surface area (Å²) in [4.78, 5) is 25.6. The summed E-state index contributed by atoms with van der Waals surface area (Å²) >= 11 is 3.27. The number of aliphatic hydroxyl groups excluding tert-OH is 1. The van der Waals surface area contributed by atoms with Gasteiger partial charge in [-0.2, -0.15) is 9.97 Å². The Morgan fingerprint density at radius 1 is 0.347 bits per heavy atom. The molecule has 0 bridgehead atoms. The van der Waals surface area contributed by atoms with E-state index >= 15 is 0 Å². The van der Waals surface area contributed by atoms with Crippen molar-refractivity contribution >= 4 is 134 Å². The Morgan fingerprint density at radius 2 is 0.605 bits per heavy atom. The molecule has 16 heteroatoms. The molecule has 18 aromatic rings. The molecule has 0 amide bonds. The molecule has 124 heavy (non-hydrogen) atoms. The average Bonchev–Trinajstić information content (AvgIpc) is 1.63. The van der Waals surface area contributed by atoms with Crippen LogP contribution in [0.4, 0.5) is 11.8 Å². The molecule has 0 saturated carbocycles. The number of imidazole rings is 1. The first-order valence-corrected chi connectivity index (χ1v) is 46.9. The number of fused-ring (bicyclic) bond motifs is 1. The van der Waals surface area contributed by atoms with Crippen molar-refractivity contribution in [3.05, 3.63) is 484 Å². The molecule has 5 heterocycles. The second-order valence-corrected chi connectivity index (χ2v) is 37.9. The van der Waals surface area contributed by atoms with Crippen molar-refractivity contribution < 1.29 is 25.5 Å². The van der Waals surface area contributed by atoms with Crippen molar-refractivity contribution in [2.45, 2.75) is 60.2 Å². The summed E-state index contributed by atoms with van der Waals surface area (Å²) in [5.41, 5.74) is 6.18. The van der Waals surface area contributed by atoms with Gasteiger partial charge in [0, 0.05) is 74.7 Å². The van der Waals surface area contributed by atoms with E-state index in [2.05, 4.69) is 459 Å². The topological polar surface area (TPSA) is 127 Å². The van der Waals surface area contributed by atoms with Crippen LogP contribution in [0.1, 0.15) is 51.8 Å². The molecule has 10 nitrogen and oxygen atoms in total. The van der Waals surface area contributed by atoms with E-state index in [1.54, 1.807) is 43.5 Å². The van der Waals surface area contributed by atoms with Gasteiger partial charge in [-0.15, -0.1) is 0 Å². The zero-order valence-corrected chi connectivity index (χ0v) is 76.0. The second-order valence-electron chi connectivity index (χ2n) is 28.1. The van der Waals surface area contributed by atoms with Gasteiger partial charge in [0.05, 0.1) is 19.0 Å². The van der Waals surface area contributed by atoms with E-state index in [1.807, 2.05) is 54.8 Å². The molecule has 0 saturated heterocycles. The van der Waals surface area contributed by atoms with E-state index in [0.717, 1.165) is 38.7 Å². The number of aryl methyl sites for hydroxylation is 1. The smallest absolute Gasteiger partial charge is 0.227 e. The maximum atomic E-state index is 9.57. The van der Waals surface area contributed by atoms with Crippen LogP contribution < -0.4 is 74.3 Å². The Labute approximate surface area is 760 Å². The summed E-state index contributed by atoms with van der Waals surface area (Å²) < 4.78 is 3.10. The van der Waals surface area contributed by atoms with Gasteiger partial charge in [-0.1, -0.05) is 419 Å². The van der Waals surface area contributed by atoms with Gasteiger partial charge in [0.1, 0.15) is 0 Å². The zero-order valence-electron chi connectivity index (χ0n) is 69.3. The minimum absolute atomic E-state index is 0. The van der Waals surface area contributed by atoms with Crippen molar-refractivity contribution in [2.24, 2.45) is 0 Å². The number of pyridine rings is 3. The van der Waals surface area contributed by atoms with Crippen molar-refractivity contribution in [3.8, 4) is 11.1 Å². The van der Waals surface area contributed by atoms with Crippen LogP contribution >= 0.6 is 47.6 Å². The third-order valence-electron chi connectivity index (χ3n) is 19.1. The molecule has 1 atom stereocenters. The average molecular weight is 1850 g/mol. The predicted octanol–water partition coefficient (Wildman–Crippen LogP) is 21.9. The van der Waals surface area contributed by atoms with Gasteiger partial charge >= 0.3 is 0 Å². The fraction of sp³-hybridized carbons (Fsp3) is 0.0926. The van der Waals surface area contributed by atoms with E-state index in [1.165, 1.54) is 69.2 Å². The maximum Gasteiger partial charge on any atom is 0.227 e. The molecule has 0 unspecified atom stereocenters. The standard InChI is InChI=1S/C24H29N7O.4C18H15P.C6H7N.C5H4BrN.CH4.Pd/c1-4-20(14-32)28-24-29-22(21-23(30-24)31(15-27-21)16(2)3)26-13-17-5-7-18(8-6-17)19-9-11-25-12-10-19;4*1-4-10-16(11-5-1)19(17-12-6-2-7-13-17)18-14-8-3-9-15-18;1-6-2-4-7-5-3-6;6-5-1-3-7-4-2-5;;/h5-12,15-16,20,32H,4,13-14H2,1-3H3,(H2,26,28,29,30);4*1-15H;2-5H,1H3;1-4H;1H4;/t20-;;;;;;;;/m1......../s1. The van der Waals surface area contributed by atoms with Crippen LogP contribution in [0.3, 0.4) is 0 Å². The molecule has 0 aliphatic rings. The normalized spacial score (nSPS) is 10.6. The molecular formula is C108H104BrN9OP4Pd. The first kappa shape index (κ1) is 94.5. The number of benzene rings is 13. The van der Waals surface area contributed by atoms with Crippen LogP contribution in [0.2, 0.25) is 0 Å². The number of nitrogens with one attached hydrogen (secondary N) is 2. The van der Waals surface area contributed by atoms with E-state index in [0.29, 0.717) is 18.3 Å². The second kappa shape index (κ2) is 52.7. The van der Waals surface area contributed by atoms with Crippen LogP contribution in [0, 0.1) is 6.92 Å². The molecular weight excluding hydrogens is 1750 g/mol. The Kier molecular flexibility index (Phi) is 40.2. The number of nitrogens with zero attached hydrogens (tertiary/aromatic N) is 7. The minimum atomic E-state index is -0.446. The molecule has 3 N–H and O–H groups in total. The van der Waals surface area contributed by atoms with Gasteiger partial charge in [-0.3, -0.25) is 15.0 Å². The van der Waals surface area contributed by atoms with Crippen molar-refractivity contribution in [1.82, 2.24) is 34.5 Å². The molecule has 0 spiro atoms. The Bertz CT molecular complexity index is 4980. The van der Waals surface area contributed by atoms with E-state index < -0.39 is 31.7 Å². The van der Waals surface area contributed by atoms with E-state index in [-0.39, 0.29) is 46.5 Å². The third-order valence-corrected chi connectivity index (χ3v) is 29.4. The summed E-state index contributed by atoms with van der Waals surface area (Å²) in [5.74, 6) is 1.15. The maximum absolute atomic E-state index is 9.57. The number of halogens is 1. The fourth-order valence-electron chi connectivity index (χ4n) is 13.0. The van der Waals surface area contributed by atoms with Crippen molar-refractivity contribution in [1.29, 1.82) is 0 Å². The molecule has 5 aromatic heterocycles. The van der Waals surface area contributed by atoms with Gasteiger partial charge in [0.2, 0.25) is 5.95 Å². The van der Waals surface area contributed by atoms with Crippen molar-refractivity contribution in [3.63, 3.8) is 0 Å². The first-order chi connectivity index (χ1) is 60.2. The SMILES string of the molecule is Brc1ccncc1.C.CC[C@H](CO)Nc1nc(NCc2ccc(-c3ccncc3)cc2)c2ncn(C(C)C)c2n1.Cc1ccncc1.[Pd].c1ccc(P(c2ccccc2)c2ccccc2)cc1.c1ccc(P(c2ccccc2)c2ccccc2)cc1.c1ccc(P(c2ccccc2)c2ccccc2)cc1.c1ccc(P(c2ccccc2)c2ccccc2)cc1. The monoisotopic (exact) mass is 1850 g/mol. The molecule has 0 fully saturated rings. The van der Waals surface area contributed by atoms with E-state index in [4.69, 9.17) is 0 Å². The predicted molar refractivity (Wildman–Crippen MR) is 536 cm³/mol. The van der Waals surface area contributed by atoms with E-state index in [9.17, 15) is 5.11 Å². The van der Waals surface area contributed by atoms with Gasteiger partial charge in [-0.25, -0.2) is 4.98 Å². The number of hydrogen-bond acceptors (Lipinski definition) is 9. The minimum Gasteiger partial charge on any atom is -0.394 e.